The molecule has 1 spiro atoms. The zero-order chi connectivity index (χ0) is 11.9. The third-order valence-electron chi connectivity index (χ3n) is 6.34. The Morgan fingerprint density at radius 3 is 2.41 bits per heavy atom. The maximum absolute atomic E-state index is 3.70. The topological polar surface area (TPSA) is 0 Å². The summed E-state index contributed by atoms with van der Waals surface area (Å²) in [6.45, 7) is 14.4. The minimum absolute atomic E-state index is 0. The average molecular weight is 408 g/mol. The van der Waals surface area contributed by atoms with E-state index in [1.807, 2.05) is 0 Å². The van der Waals surface area contributed by atoms with Gasteiger partial charge in [-0.25, -0.2) is 0 Å². The van der Waals surface area contributed by atoms with E-state index < -0.39 is 0 Å². The zero-order valence-electron chi connectivity index (χ0n) is 11.8. The molecule has 3 aliphatic carbocycles. The smallest absolute Gasteiger partial charge is 0 e. The van der Waals surface area contributed by atoms with Crippen molar-refractivity contribution in [3.05, 3.63) is 22.8 Å². The standard InChI is InChI=1S/C16H23.Ir/c1-7-15(6)14(4,5)13-10(2)8-12-11(3)9-16(12,13)15;/h11H,7,9H2,1-6H3;/q-1;. The molecule has 1 heteroatoms. The second-order valence-corrected chi connectivity index (χ2v) is 6.86. The second kappa shape index (κ2) is 3.32. The molecule has 97 valence electrons. The van der Waals surface area contributed by atoms with E-state index in [1.54, 1.807) is 11.5 Å². The maximum Gasteiger partial charge on any atom is 0 e. The van der Waals surface area contributed by atoms with Crippen LogP contribution in [0.2, 0.25) is 0 Å². The summed E-state index contributed by atoms with van der Waals surface area (Å²) in [5.41, 5.74) is 8.05. The van der Waals surface area contributed by atoms with Crippen molar-refractivity contribution in [2.24, 2.45) is 22.2 Å². The molecule has 3 aliphatic rings. The van der Waals surface area contributed by atoms with Crippen LogP contribution in [-0.4, -0.2) is 0 Å². The summed E-state index contributed by atoms with van der Waals surface area (Å²) in [6.07, 6.45) is 2.66. The second-order valence-electron chi connectivity index (χ2n) is 6.86. The van der Waals surface area contributed by atoms with Crippen LogP contribution in [0.4, 0.5) is 0 Å². The molecule has 0 N–H and O–H groups in total. The van der Waals surface area contributed by atoms with Crippen molar-refractivity contribution in [2.45, 2.75) is 54.4 Å². The fourth-order valence-corrected chi connectivity index (χ4v) is 5.30. The van der Waals surface area contributed by atoms with Crippen molar-refractivity contribution < 1.29 is 20.1 Å². The van der Waals surface area contributed by atoms with E-state index in [0.29, 0.717) is 16.2 Å². The normalized spacial score (nSPS) is 44.6. The first-order chi connectivity index (χ1) is 7.33. The van der Waals surface area contributed by atoms with Gasteiger partial charge in [0.1, 0.15) is 0 Å². The molecule has 3 unspecified atom stereocenters. The molecule has 2 saturated carbocycles. The molecule has 17 heavy (non-hydrogen) atoms. The van der Waals surface area contributed by atoms with Crippen LogP contribution in [0.25, 0.3) is 0 Å². The van der Waals surface area contributed by atoms with E-state index in [-0.39, 0.29) is 20.1 Å². The third-order valence-corrected chi connectivity index (χ3v) is 6.34. The number of allylic oxidation sites excluding steroid dienone is 1. The molecule has 1 radical (unpaired) electrons. The Labute approximate surface area is 119 Å². The Bertz CT molecular complexity index is 438. The summed E-state index contributed by atoms with van der Waals surface area (Å²) in [6, 6.07) is 0. The van der Waals surface area contributed by atoms with Crippen molar-refractivity contribution in [3.8, 4) is 0 Å². The van der Waals surface area contributed by atoms with Gasteiger partial charge in [-0.2, -0.15) is 11.5 Å². The van der Waals surface area contributed by atoms with E-state index >= 15 is 0 Å². The summed E-state index contributed by atoms with van der Waals surface area (Å²) >= 11 is 0. The molecular formula is C16H23Ir-. The Balaban J connectivity index is 0.00000108. The van der Waals surface area contributed by atoms with Gasteiger partial charge in [-0.1, -0.05) is 65.2 Å². The van der Waals surface area contributed by atoms with E-state index in [1.165, 1.54) is 18.4 Å². The Morgan fingerprint density at radius 1 is 1.35 bits per heavy atom. The molecule has 0 aromatic heterocycles. The molecule has 0 bridgehead atoms. The van der Waals surface area contributed by atoms with Crippen LogP contribution in [0.15, 0.2) is 16.9 Å². The van der Waals surface area contributed by atoms with Crippen molar-refractivity contribution in [1.82, 2.24) is 0 Å². The van der Waals surface area contributed by atoms with Gasteiger partial charge in [0, 0.05) is 20.1 Å². The van der Waals surface area contributed by atoms with Crippen LogP contribution in [0.3, 0.4) is 0 Å². The quantitative estimate of drug-likeness (QED) is 0.443. The van der Waals surface area contributed by atoms with Crippen molar-refractivity contribution in [2.75, 3.05) is 0 Å². The van der Waals surface area contributed by atoms with E-state index in [0.717, 1.165) is 5.92 Å². The van der Waals surface area contributed by atoms with Crippen LogP contribution in [-0.2, 0) is 20.1 Å². The largest absolute Gasteiger partial charge is 0.347 e. The van der Waals surface area contributed by atoms with Gasteiger partial charge in [0.05, 0.1) is 0 Å². The van der Waals surface area contributed by atoms with E-state index in [9.17, 15) is 0 Å². The van der Waals surface area contributed by atoms with Crippen LogP contribution in [0, 0.1) is 28.1 Å². The predicted octanol–water partition coefficient (Wildman–Crippen LogP) is 4.53. The predicted molar refractivity (Wildman–Crippen MR) is 67.8 cm³/mol. The van der Waals surface area contributed by atoms with Gasteiger partial charge in [-0.3, -0.25) is 0 Å². The molecule has 0 aromatic carbocycles. The number of rotatable bonds is 1. The van der Waals surface area contributed by atoms with E-state index in [4.69, 9.17) is 0 Å². The van der Waals surface area contributed by atoms with Crippen LogP contribution in [0.1, 0.15) is 54.4 Å². The first-order valence-corrected chi connectivity index (χ1v) is 6.69. The zero-order valence-corrected chi connectivity index (χ0v) is 14.2. The number of hydrogen-bond acceptors (Lipinski definition) is 0. The minimum Gasteiger partial charge on any atom is -0.347 e. The molecule has 0 saturated heterocycles. The molecule has 3 atom stereocenters. The number of hydrogen-bond donors (Lipinski definition) is 0. The van der Waals surface area contributed by atoms with Gasteiger partial charge in [0.15, 0.2) is 0 Å². The van der Waals surface area contributed by atoms with Crippen molar-refractivity contribution in [1.29, 1.82) is 0 Å². The molecule has 2 fully saturated rings. The summed E-state index contributed by atoms with van der Waals surface area (Å²) in [5.74, 6) is 2.49. The fourth-order valence-electron chi connectivity index (χ4n) is 5.30. The molecule has 0 aromatic rings. The van der Waals surface area contributed by atoms with Crippen LogP contribution in [0.5, 0.6) is 0 Å². The van der Waals surface area contributed by atoms with Crippen molar-refractivity contribution in [3.63, 3.8) is 0 Å². The Hall–Kier alpha value is 0.0394. The van der Waals surface area contributed by atoms with Crippen LogP contribution < -0.4 is 0 Å². The average Bonchev–Trinajstić information content (AvgIpc) is 2.45. The van der Waals surface area contributed by atoms with E-state index in [2.05, 4.69) is 47.3 Å². The molecular weight excluding hydrogens is 384 g/mol. The van der Waals surface area contributed by atoms with Crippen LogP contribution >= 0.6 is 0 Å². The summed E-state index contributed by atoms with van der Waals surface area (Å²) in [4.78, 5) is 0. The molecule has 0 nitrogen and oxygen atoms in total. The fraction of sp³-hybridized carbons (Fsp3) is 0.750. The first kappa shape index (κ1) is 13.5. The molecule has 3 rings (SSSR count). The molecule has 0 heterocycles. The molecule has 0 amide bonds. The van der Waals surface area contributed by atoms with Gasteiger partial charge in [0.25, 0.3) is 0 Å². The monoisotopic (exact) mass is 408 g/mol. The summed E-state index contributed by atoms with van der Waals surface area (Å²) in [5, 5.41) is 0. The first-order valence-electron chi connectivity index (χ1n) is 6.69. The van der Waals surface area contributed by atoms with Gasteiger partial charge < -0.3 is 5.73 Å². The third kappa shape index (κ3) is 1.01. The van der Waals surface area contributed by atoms with Gasteiger partial charge in [-0.05, 0) is 11.3 Å². The van der Waals surface area contributed by atoms with Gasteiger partial charge in [0.2, 0.25) is 0 Å². The Kier molecular flexibility index (Phi) is 2.63. The molecule has 0 aliphatic heterocycles. The summed E-state index contributed by atoms with van der Waals surface area (Å²) in [7, 11) is 0. The minimum atomic E-state index is 0. The van der Waals surface area contributed by atoms with Gasteiger partial charge >= 0.3 is 0 Å². The maximum atomic E-state index is 3.70. The Morgan fingerprint density at radius 2 is 1.94 bits per heavy atom. The van der Waals surface area contributed by atoms with Gasteiger partial charge in [-0.15, -0.1) is 5.57 Å². The van der Waals surface area contributed by atoms with Crippen molar-refractivity contribution >= 4 is 0 Å². The SMILES string of the molecule is CCC1(C)C(C)(C)[C-]2C(C)=C=C3C(C)CC321.[Ir]. The summed E-state index contributed by atoms with van der Waals surface area (Å²) < 4.78 is 0.